The van der Waals surface area contributed by atoms with Gasteiger partial charge in [-0.3, -0.25) is 15.4 Å². The largest absolute Gasteiger partial charge is 0.491 e. The molecule has 6 nitrogen and oxygen atoms in total. The molecule has 35 heavy (non-hydrogen) atoms. The van der Waals surface area contributed by atoms with Crippen molar-refractivity contribution in [3.8, 4) is 11.1 Å². The lowest BCUT2D eigenvalue weighted by Gasteiger charge is -2.32. The maximum absolute atomic E-state index is 13.7. The first-order chi connectivity index (χ1) is 16.4. The second-order valence-corrected chi connectivity index (χ2v) is 8.74. The van der Waals surface area contributed by atoms with Gasteiger partial charge in [0.15, 0.2) is 5.54 Å². The molecule has 3 aromatic rings. The molecule has 2 atom stereocenters. The van der Waals surface area contributed by atoms with Gasteiger partial charge in [0.2, 0.25) is 0 Å². The molecule has 1 saturated heterocycles. The maximum Gasteiger partial charge on any atom is 0.491 e. The molecule has 0 spiro atoms. The Bertz CT molecular complexity index is 1310. The number of ether oxygens (including phenoxy) is 1. The van der Waals surface area contributed by atoms with Crippen LogP contribution in [0.1, 0.15) is 11.1 Å². The van der Waals surface area contributed by atoms with Crippen LogP contribution in [0.5, 0.6) is 0 Å². The fourth-order valence-corrected chi connectivity index (χ4v) is 4.51. The number of amides is 1. The molecule has 1 aliphatic rings. The molecule has 0 aliphatic carbocycles. The number of carbonyl (C=O) groups excluding carboxylic acids is 2. The third-order valence-corrected chi connectivity index (χ3v) is 6.26. The van der Waals surface area contributed by atoms with Crippen LogP contribution in [0.25, 0.3) is 11.1 Å². The van der Waals surface area contributed by atoms with E-state index in [1.54, 1.807) is 72.8 Å². The number of halogens is 5. The lowest BCUT2D eigenvalue weighted by molar-refractivity contribution is -0.228. The molecule has 0 aromatic heterocycles. The average molecular weight is 524 g/mol. The van der Waals surface area contributed by atoms with Gasteiger partial charge in [-0.2, -0.15) is 13.2 Å². The van der Waals surface area contributed by atoms with Gasteiger partial charge in [-0.05, 0) is 34.9 Å². The Balaban J connectivity index is 1.88. The predicted molar refractivity (Wildman–Crippen MR) is 124 cm³/mol. The summed E-state index contributed by atoms with van der Waals surface area (Å²) in [4.78, 5) is 26.1. The molecule has 3 N–H and O–H groups in total. The monoisotopic (exact) mass is 523 g/mol. The van der Waals surface area contributed by atoms with Crippen molar-refractivity contribution in [3.63, 3.8) is 0 Å². The number of nitrogens with zero attached hydrogens (tertiary/aromatic N) is 1. The summed E-state index contributed by atoms with van der Waals surface area (Å²) >= 11 is 12.4. The fraction of sp³-hybridized carbons (Fsp3) is 0.167. The number of esters is 1. The summed E-state index contributed by atoms with van der Waals surface area (Å²) < 4.78 is 43.4. The molecule has 1 aliphatic heterocycles. The number of nitrogens with one attached hydrogen (secondary N) is 1. The zero-order valence-corrected chi connectivity index (χ0v) is 19.6. The van der Waals surface area contributed by atoms with Crippen molar-refractivity contribution in [2.24, 2.45) is 5.73 Å². The minimum Gasteiger partial charge on any atom is -0.404 e. The van der Waals surface area contributed by atoms with Crippen molar-refractivity contribution >= 4 is 35.1 Å². The third kappa shape index (κ3) is 4.36. The lowest BCUT2D eigenvalue weighted by Crippen LogP contribution is -2.64. The number of rotatable bonds is 4. The highest BCUT2D eigenvalue weighted by Gasteiger charge is 2.62. The number of likely N-dealkylation sites (N-methyl/N-ethyl adjacent to an activating group) is 1. The third-order valence-electron chi connectivity index (χ3n) is 5.71. The van der Waals surface area contributed by atoms with Crippen LogP contribution in [0.3, 0.4) is 0 Å². The van der Waals surface area contributed by atoms with E-state index < -0.39 is 29.6 Å². The highest BCUT2D eigenvalue weighted by molar-refractivity contribution is 6.36. The first kappa shape index (κ1) is 25.0. The van der Waals surface area contributed by atoms with E-state index in [0.29, 0.717) is 32.3 Å². The Labute approximate surface area is 208 Å². The van der Waals surface area contributed by atoms with Gasteiger partial charge in [0.1, 0.15) is 0 Å². The summed E-state index contributed by atoms with van der Waals surface area (Å²) in [5.41, 5.74) is 6.18. The normalized spacial score (nSPS) is 22.4. The van der Waals surface area contributed by atoms with Gasteiger partial charge in [-0.1, -0.05) is 77.8 Å². The average Bonchev–Trinajstić information content (AvgIpc) is 3.01. The molecule has 0 radical (unpaired) electrons. The number of hydrogen-bond donors (Lipinski definition) is 2. The van der Waals surface area contributed by atoms with Gasteiger partial charge in [0.05, 0.1) is 0 Å². The molecule has 4 rings (SSSR count). The van der Waals surface area contributed by atoms with E-state index in [9.17, 15) is 22.8 Å². The number of carbonyl (C=O) groups is 2. The summed E-state index contributed by atoms with van der Waals surface area (Å²) in [6, 6.07) is 19.8. The van der Waals surface area contributed by atoms with Gasteiger partial charge in [0.25, 0.3) is 5.91 Å². The molecule has 1 amide bonds. The lowest BCUT2D eigenvalue weighted by atomic mass is 9.81. The van der Waals surface area contributed by atoms with E-state index in [1.165, 1.54) is 0 Å². The topological polar surface area (TPSA) is 84.7 Å². The highest BCUT2D eigenvalue weighted by atomic mass is 35.5. The SMILES string of the molecule is CN1C(=O)C(c2ccccc2)(c2cccc(-c3ccc(Cl)cc3Cl)c2)NC1(N)OC(=O)C(F)(F)F. The summed E-state index contributed by atoms with van der Waals surface area (Å²) in [7, 11) is 1.14. The Morgan fingerprint density at radius 1 is 1.00 bits per heavy atom. The van der Waals surface area contributed by atoms with Crippen molar-refractivity contribution in [2.45, 2.75) is 17.7 Å². The Hall–Kier alpha value is -3.11. The zero-order chi connectivity index (χ0) is 25.6. The summed E-state index contributed by atoms with van der Waals surface area (Å²) in [6.07, 6.45) is -5.32. The summed E-state index contributed by atoms with van der Waals surface area (Å²) in [6.45, 7) is 0. The summed E-state index contributed by atoms with van der Waals surface area (Å²) in [5, 5.41) is 3.47. The van der Waals surface area contributed by atoms with Gasteiger partial charge in [-0.15, -0.1) is 0 Å². The minimum absolute atomic E-state index is 0.333. The molecular formula is C24H18Cl2F3N3O3. The van der Waals surface area contributed by atoms with Crippen molar-refractivity contribution in [1.29, 1.82) is 0 Å². The van der Waals surface area contributed by atoms with Gasteiger partial charge < -0.3 is 4.74 Å². The van der Waals surface area contributed by atoms with Crippen molar-refractivity contribution in [3.05, 3.63) is 94.0 Å². The van der Waals surface area contributed by atoms with Crippen LogP contribution in [-0.2, 0) is 19.9 Å². The van der Waals surface area contributed by atoms with E-state index >= 15 is 0 Å². The number of benzene rings is 3. The molecule has 3 aromatic carbocycles. The van der Waals surface area contributed by atoms with Crippen LogP contribution < -0.4 is 11.1 Å². The molecule has 0 saturated carbocycles. The second kappa shape index (κ2) is 8.83. The smallest absolute Gasteiger partial charge is 0.404 e. The van der Waals surface area contributed by atoms with Gasteiger partial charge in [0, 0.05) is 22.7 Å². The van der Waals surface area contributed by atoms with E-state index in [2.05, 4.69) is 10.1 Å². The van der Waals surface area contributed by atoms with E-state index in [1.807, 2.05) is 0 Å². The Kier molecular flexibility index (Phi) is 6.31. The van der Waals surface area contributed by atoms with E-state index in [-0.39, 0.29) is 0 Å². The standard InChI is InChI=1S/C24H18Cl2F3N3O3/c1-32-20(33)22(15-7-3-2-4-8-15,31-24(32,30)35-21(34)23(27,28)29)16-9-5-6-14(12-16)18-11-10-17(25)13-19(18)26/h2-13,31H,30H2,1H3. The molecule has 2 unspecified atom stereocenters. The highest BCUT2D eigenvalue weighted by Crippen LogP contribution is 2.41. The Morgan fingerprint density at radius 3 is 2.29 bits per heavy atom. The Morgan fingerprint density at radius 2 is 1.66 bits per heavy atom. The van der Waals surface area contributed by atoms with Crippen LogP contribution in [0.4, 0.5) is 13.2 Å². The first-order valence-corrected chi connectivity index (χ1v) is 10.9. The molecule has 182 valence electrons. The van der Waals surface area contributed by atoms with Crippen LogP contribution >= 0.6 is 23.2 Å². The van der Waals surface area contributed by atoms with Crippen LogP contribution in [0.15, 0.2) is 72.8 Å². The molecule has 11 heteroatoms. The molecule has 1 heterocycles. The van der Waals surface area contributed by atoms with Gasteiger partial charge >= 0.3 is 18.1 Å². The van der Waals surface area contributed by atoms with Gasteiger partial charge in [-0.25, -0.2) is 10.1 Å². The molecule has 0 bridgehead atoms. The quantitative estimate of drug-likeness (QED) is 0.384. The number of nitrogens with two attached hydrogens (primary N) is 1. The van der Waals surface area contributed by atoms with Crippen LogP contribution in [0.2, 0.25) is 10.0 Å². The second-order valence-electron chi connectivity index (χ2n) is 7.89. The van der Waals surface area contributed by atoms with Crippen molar-refractivity contribution in [1.82, 2.24) is 10.2 Å². The van der Waals surface area contributed by atoms with Crippen LogP contribution in [0, 0.1) is 0 Å². The number of alkyl halides is 3. The zero-order valence-electron chi connectivity index (χ0n) is 18.1. The number of hydrogen-bond acceptors (Lipinski definition) is 5. The summed E-state index contributed by atoms with van der Waals surface area (Å²) in [5.74, 6) is -5.87. The predicted octanol–water partition coefficient (Wildman–Crippen LogP) is 4.64. The minimum atomic E-state index is -5.32. The van der Waals surface area contributed by atoms with Crippen molar-refractivity contribution in [2.75, 3.05) is 7.05 Å². The van der Waals surface area contributed by atoms with Crippen molar-refractivity contribution < 1.29 is 27.5 Å². The van der Waals surface area contributed by atoms with Crippen LogP contribution in [-0.4, -0.2) is 36.0 Å². The van der Waals surface area contributed by atoms with E-state index in [4.69, 9.17) is 28.9 Å². The molecule has 1 fully saturated rings. The maximum atomic E-state index is 13.7. The first-order valence-electron chi connectivity index (χ1n) is 10.2. The fourth-order valence-electron chi connectivity index (χ4n) is 3.99. The van der Waals surface area contributed by atoms with E-state index in [0.717, 1.165) is 11.9 Å². The molecular weight excluding hydrogens is 506 g/mol.